The van der Waals surface area contributed by atoms with E-state index >= 15 is 0 Å². The topological polar surface area (TPSA) is 33.2 Å². The number of thiazole rings is 1. The van der Waals surface area contributed by atoms with Crippen molar-refractivity contribution in [3.05, 3.63) is 40.9 Å². The molecule has 1 aromatic carbocycles. The first kappa shape index (κ1) is 14.3. The Morgan fingerprint density at radius 1 is 1.29 bits per heavy atom. The molecule has 2 heterocycles. The van der Waals surface area contributed by atoms with Crippen LogP contribution in [-0.4, -0.2) is 28.9 Å². The molecule has 0 radical (unpaired) electrons. The number of likely N-dealkylation sites (tertiary alicyclic amines) is 1. The highest BCUT2D eigenvalue weighted by atomic mass is 32.1. The van der Waals surface area contributed by atoms with Crippen LogP contribution in [0.3, 0.4) is 0 Å². The van der Waals surface area contributed by atoms with Gasteiger partial charge in [0.05, 0.1) is 6.20 Å². The maximum Gasteiger partial charge on any atom is 0.265 e. The zero-order valence-corrected chi connectivity index (χ0v) is 13.3. The third kappa shape index (κ3) is 3.00. The minimum atomic E-state index is 0.138. The number of benzene rings is 1. The van der Waals surface area contributed by atoms with Gasteiger partial charge in [0.15, 0.2) is 0 Å². The average Bonchev–Trinajstić information content (AvgIpc) is 2.97. The molecule has 0 atom stereocenters. The van der Waals surface area contributed by atoms with Crippen molar-refractivity contribution in [3.8, 4) is 10.6 Å². The van der Waals surface area contributed by atoms with Crippen LogP contribution in [0.25, 0.3) is 10.6 Å². The summed E-state index contributed by atoms with van der Waals surface area (Å²) >= 11 is 1.50. The number of amides is 1. The van der Waals surface area contributed by atoms with Crippen molar-refractivity contribution < 1.29 is 4.79 Å². The summed E-state index contributed by atoms with van der Waals surface area (Å²) in [5, 5.41) is 0.932. The third-order valence-electron chi connectivity index (χ3n) is 4.16. The van der Waals surface area contributed by atoms with Crippen LogP contribution in [0, 0.1) is 12.8 Å². The van der Waals surface area contributed by atoms with E-state index < -0.39 is 0 Å². The van der Waals surface area contributed by atoms with Crippen LogP contribution >= 0.6 is 11.3 Å². The first-order chi connectivity index (χ1) is 10.1. The Balaban J connectivity index is 1.79. The van der Waals surface area contributed by atoms with Crippen LogP contribution in [0.2, 0.25) is 0 Å². The number of piperidine rings is 1. The van der Waals surface area contributed by atoms with Crippen LogP contribution < -0.4 is 0 Å². The van der Waals surface area contributed by atoms with E-state index in [1.807, 2.05) is 17.0 Å². The number of rotatable bonds is 2. The fourth-order valence-corrected chi connectivity index (χ4v) is 3.65. The average molecular weight is 300 g/mol. The summed E-state index contributed by atoms with van der Waals surface area (Å²) in [4.78, 5) is 19.7. The Kier molecular flexibility index (Phi) is 4.06. The van der Waals surface area contributed by atoms with Crippen LogP contribution in [-0.2, 0) is 0 Å². The van der Waals surface area contributed by atoms with Crippen molar-refractivity contribution in [3.63, 3.8) is 0 Å². The normalized spacial score (nSPS) is 16.2. The molecular weight excluding hydrogens is 280 g/mol. The Morgan fingerprint density at radius 3 is 2.71 bits per heavy atom. The SMILES string of the molecule is Cc1ccccc1-c1ncc(C(=O)N2CCC(C)CC2)s1. The van der Waals surface area contributed by atoms with Gasteiger partial charge in [-0.2, -0.15) is 0 Å². The summed E-state index contributed by atoms with van der Waals surface area (Å²) in [6.45, 7) is 6.07. The first-order valence-corrected chi connectivity index (χ1v) is 8.28. The Labute approximate surface area is 129 Å². The van der Waals surface area contributed by atoms with Crippen molar-refractivity contribution in [2.45, 2.75) is 26.7 Å². The van der Waals surface area contributed by atoms with E-state index in [1.54, 1.807) is 6.20 Å². The monoisotopic (exact) mass is 300 g/mol. The van der Waals surface area contributed by atoms with Gasteiger partial charge in [-0.15, -0.1) is 11.3 Å². The van der Waals surface area contributed by atoms with E-state index in [0.717, 1.165) is 47.3 Å². The molecule has 0 saturated carbocycles. The highest BCUT2D eigenvalue weighted by molar-refractivity contribution is 7.16. The molecule has 1 aromatic heterocycles. The number of hydrogen-bond acceptors (Lipinski definition) is 3. The molecule has 2 aromatic rings. The van der Waals surface area contributed by atoms with Gasteiger partial charge < -0.3 is 4.90 Å². The van der Waals surface area contributed by atoms with Gasteiger partial charge in [0, 0.05) is 18.7 Å². The number of hydrogen-bond donors (Lipinski definition) is 0. The van der Waals surface area contributed by atoms with Gasteiger partial charge in [-0.3, -0.25) is 4.79 Å². The lowest BCUT2D eigenvalue weighted by Crippen LogP contribution is -2.37. The van der Waals surface area contributed by atoms with Gasteiger partial charge in [-0.25, -0.2) is 4.98 Å². The molecule has 21 heavy (non-hydrogen) atoms. The summed E-state index contributed by atoms with van der Waals surface area (Å²) in [7, 11) is 0. The maximum absolute atomic E-state index is 12.5. The van der Waals surface area contributed by atoms with Gasteiger partial charge in [-0.05, 0) is 31.2 Å². The first-order valence-electron chi connectivity index (χ1n) is 7.46. The third-order valence-corrected chi connectivity index (χ3v) is 5.18. The molecule has 0 bridgehead atoms. The van der Waals surface area contributed by atoms with Crippen molar-refractivity contribution in [1.82, 2.24) is 9.88 Å². The standard InChI is InChI=1S/C17H20N2OS/c1-12-7-9-19(10-8-12)17(20)15-11-18-16(21-15)14-6-4-3-5-13(14)2/h3-6,11-12H,7-10H2,1-2H3. The fourth-order valence-electron chi connectivity index (χ4n) is 2.68. The van der Waals surface area contributed by atoms with Crippen molar-refractivity contribution >= 4 is 17.2 Å². The predicted molar refractivity (Wildman–Crippen MR) is 86.6 cm³/mol. The second-order valence-corrected chi connectivity index (χ2v) is 6.85. The number of carbonyl (C=O) groups is 1. The number of aromatic nitrogens is 1. The second kappa shape index (κ2) is 5.98. The van der Waals surface area contributed by atoms with E-state index in [4.69, 9.17) is 0 Å². The molecule has 1 aliphatic rings. The number of aryl methyl sites for hydroxylation is 1. The van der Waals surface area contributed by atoms with E-state index in [2.05, 4.69) is 31.0 Å². The lowest BCUT2D eigenvalue weighted by Gasteiger charge is -2.29. The molecule has 0 N–H and O–H groups in total. The van der Waals surface area contributed by atoms with Gasteiger partial charge >= 0.3 is 0 Å². The number of carbonyl (C=O) groups excluding carboxylic acids is 1. The second-order valence-electron chi connectivity index (χ2n) is 5.82. The molecule has 1 amide bonds. The molecule has 1 aliphatic heterocycles. The lowest BCUT2D eigenvalue weighted by molar-refractivity contribution is 0.0702. The maximum atomic E-state index is 12.5. The van der Waals surface area contributed by atoms with Crippen molar-refractivity contribution in [2.24, 2.45) is 5.92 Å². The molecular formula is C17H20N2OS. The predicted octanol–water partition coefficient (Wildman–Crippen LogP) is 3.99. The smallest absolute Gasteiger partial charge is 0.265 e. The Bertz CT molecular complexity index is 642. The van der Waals surface area contributed by atoms with Crippen LogP contribution in [0.1, 0.15) is 35.0 Å². The van der Waals surface area contributed by atoms with Crippen molar-refractivity contribution in [1.29, 1.82) is 0 Å². The molecule has 110 valence electrons. The fraction of sp³-hybridized carbons (Fsp3) is 0.412. The zero-order valence-electron chi connectivity index (χ0n) is 12.5. The summed E-state index contributed by atoms with van der Waals surface area (Å²) in [5.41, 5.74) is 2.31. The molecule has 4 heteroatoms. The molecule has 1 fully saturated rings. The highest BCUT2D eigenvalue weighted by Crippen LogP contribution is 2.29. The van der Waals surface area contributed by atoms with Crippen LogP contribution in [0.4, 0.5) is 0 Å². The van der Waals surface area contributed by atoms with E-state index in [0.29, 0.717) is 0 Å². The minimum Gasteiger partial charge on any atom is -0.338 e. The van der Waals surface area contributed by atoms with Gasteiger partial charge in [-0.1, -0.05) is 31.2 Å². The summed E-state index contributed by atoms with van der Waals surface area (Å²) in [6.07, 6.45) is 3.94. The van der Waals surface area contributed by atoms with Gasteiger partial charge in [0.25, 0.3) is 5.91 Å². The molecule has 0 spiro atoms. The largest absolute Gasteiger partial charge is 0.338 e. The number of nitrogens with zero attached hydrogens (tertiary/aromatic N) is 2. The lowest BCUT2D eigenvalue weighted by atomic mass is 9.99. The van der Waals surface area contributed by atoms with E-state index in [9.17, 15) is 4.79 Å². The van der Waals surface area contributed by atoms with E-state index in [-0.39, 0.29) is 5.91 Å². The molecule has 0 unspecified atom stereocenters. The zero-order chi connectivity index (χ0) is 14.8. The minimum absolute atomic E-state index is 0.138. The molecule has 3 rings (SSSR count). The Morgan fingerprint density at radius 2 is 2.00 bits per heavy atom. The quantitative estimate of drug-likeness (QED) is 0.840. The van der Waals surface area contributed by atoms with Gasteiger partial charge in [0.2, 0.25) is 0 Å². The summed E-state index contributed by atoms with van der Waals surface area (Å²) in [5.74, 6) is 0.872. The molecule has 0 aliphatic carbocycles. The van der Waals surface area contributed by atoms with Crippen LogP contribution in [0.5, 0.6) is 0 Å². The summed E-state index contributed by atoms with van der Waals surface area (Å²) < 4.78 is 0. The van der Waals surface area contributed by atoms with Gasteiger partial charge in [0.1, 0.15) is 9.88 Å². The summed E-state index contributed by atoms with van der Waals surface area (Å²) in [6, 6.07) is 8.17. The van der Waals surface area contributed by atoms with E-state index in [1.165, 1.54) is 16.9 Å². The van der Waals surface area contributed by atoms with Crippen LogP contribution in [0.15, 0.2) is 30.5 Å². The molecule has 3 nitrogen and oxygen atoms in total. The Hall–Kier alpha value is -1.68. The molecule has 1 saturated heterocycles. The van der Waals surface area contributed by atoms with Crippen molar-refractivity contribution in [2.75, 3.05) is 13.1 Å². The highest BCUT2D eigenvalue weighted by Gasteiger charge is 2.23.